The van der Waals surface area contributed by atoms with E-state index in [2.05, 4.69) is 51.0 Å². The number of benzene rings is 1. The normalized spacial score (nSPS) is 10.6. The third kappa shape index (κ3) is 4.90. The number of aromatic amines is 1. The quantitative estimate of drug-likeness (QED) is 0.413. The van der Waals surface area contributed by atoms with Gasteiger partial charge in [-0.15, -0.1) is 0 Å². The van der Waals surface area contributed by atoms with Crippen LogP contribution in [0.15, 0.2) is 42.3 Å². The van der Waals surface area contributed by atoms with Gasteiger partial charge in [-0.3, -0.25) is 9.89 Å². The van der Waals surface area contributed by atoms with Crippen LogP contribution in [0.3, 0.4) is 0 Å². The van der Waals surface area contributed by atoms with Crippen molar-refractivity contribution in [3.63, 3.8) is 0 Å². The number of amides is 1. The van der Waals surface area contributed by atoms with Gasteiger partial charge in [-0.05, 0) is 26.0 Å². The Kier molecular flexibility index (Phi) is 6.70. The molecule has 0 bridgehead atoms. The highest BCUT2D eigenvalue weighted by atomic mass is 16.5. The van der Waals surface area contributed by atoms with Gasteiger partial charge in [-0.25, -0.2) is 10.4 Å². The summed E-state index contributed by atoms with van der Waals surface area (Å²) in [5.41, 5.74) is 4.20. The predicted molar refractivity (Wildman–Crippen MR) is 97.1 cm³/mol. The van der Waals surface area contributed by atoms with E-state index in [-0.39, 0.29) is 5.82 Å². The van der Waals surface area contributed by atoms with Crippen LogP contribution >= 0.6 is 0 Å². The highest BCUT2D eigenvalue weighted by molar-refractivity contribution is 5.91. The van der Waals surface area contributed by atoms with Crippen LogP contribution in [0.2, 0.25) is 0 Å². The van der Waals surface area contributed by atoms with Crippen molar-refractivity contribution in [1.29, 1.82) is 0 Å². The minimum absolute atomic E-state index is 0.0946. The molecule has 1 heterocycles. The lowest BCUT2D eigenvalue weighted by Crippen LogP contribution is -2.22. The molecule has 0 aliphatic heterocycles. The van der Waals surface area contributed by atoms with Crippen LogP contribution in [0.5, 0.6) is 5.75 Å². The van der Waals surface area contributed by atoms with Gasteiger partial charge in [0, 0.05) is 30.4 Å². The first-order chi connectivity index (χ1) is 12.2. The van der Waals surface area contributed by atoms with Crippen molar-refractivity contribution in [3.05, 3.63) is 48.6 Å². The van der Waals surface area contributed by atoms with E-state index in [1.165, 1.54) is 12.5 Å². The maximum Gasteiger partial charge on any atom is 0.308 e. The highest BCUT2D eigenvalue weighted by Gasteiger charge is 2.09. The molecule has 0 radical (unpaired) electrons. The van der Waals surface area contributed by atoms with Gasteiger partial charge in [0.05, 0.1) is 6.21 Å². The van der Waals surface area contributed by atoms with Gasteiger partial charge in [-0.2, -0.15) is 10.2 Å². The molecule has 2 N–H and O–H groups in total. The number of H-pyrrole nitrogens is 1. The van der Waals surface area contributed by atoms with Gasteiger partial charge in [0.2, 0.25) is 5.82 Å². The first kappa shape index (κ1) is 18.2. The molecule has 1 amide bonds. The molecule has 25 heavy (non-hydrogen) atoms. The SMILES string of the molecule is C=CCOc1cc(N(CC)CC)ccc1C=NNC(=O)c1ncn[nH]1. The van der Waals surface area contributed by atoms with Crippen LogP contribution in [0.25, 0.3) is 0 Å². The first-order valence-corrected chi connectivity index (χ1v) is 8.01. The van der Waals surface area contributed by atoms with E-state index in [1.54, 1.807) is 6.08 Å². The van der Waals surface area contributed by atoms with Crippen LogP contribution in [-0.4, -0.2) is 47.0 Å². The Balaban J connectivity index is 2.15. The van der Waals surface area contributed by atoms with Crippen molar-refractivity contribution in [3.8, 4) is 5.75 Å². The summed E-state index contributed by atoms with van der Waals surface area (Å²) in [6.07, 6.45) is 4.46. The van der Waals surface area contributed by atoms with E-state index in [4.69, 9.17) is 4.74 Å². The van der Waals surface area contributed by atoms with Crippen molar-refractivity contribution in [2.75, 3.05) is 24.6 Å². The number of hydrazone groups is 1. The molecule has 0 spiro atoms. The average Bonchev–Trinajstić information content (AvgIpc) is 3.17. The summed E-state index contributed by atoms with van der Waals surface area (Å²) in [4.78, 5) is 17.7. The molecule has 0 saturated carbocycles. The van der Waals surface area contributed by atoms with Crippen molar-refractivity contribution in [2.24, 2.45) is 5.10 Å². The Morgan fingerprint density at radius 3 is 2.88 bits per heavy atom. The molecule has 1 aromatic carbocycles. The van der Waals surface area contributed by atoms with Gasteiger partial charge < -0.3 is 9.64 Å². The number of hydrogen-bond donors (Lipinski definition) is 2. The summed E-state index contributed by atoms with van der Waals surface area (Å²) in [5.74, 6) is 0.293. The smallest absolute Gasteiger partial charge is 0.308 e. The van der Waals surface area contributed by atoms with Gasteiger partial charge in [0.25, 0.3) is 0 Å². The number of hydrogen-bond acceptors (Lipinski definition) is 6. The summed E-state index contributed by atoms with van der Waals surface area (Å²) in [7, 11) is 0. The summed E-state index contributed by atoms with van der Waals surface area (Å²) < 4.78 is 5.72. The Morgan fingerprint density at radius 1 is 1.44 bits per heavy atom. The first-order valence-electron chi connectivity index (χ1n) is 8.01. The molecule has 0 saturated heterocycles. The molecule has 132 valence electrons. The lowest BCUT2D eigenvalue weighted by Gasteiger charge is -2.22. The largest absolute Gasteiger partial charge is 0.489 e. The topological polar surface area (TPSA) is 95.5 Å². The van der Waals surface area contributed by atoms with Crippen molar-refractivity contribution < 1.29 is 9.53 Å². The van der Waals surface area contributed by atoms with E-state index < -0.39 is 5.91 Å². The van der Waals surface area contributed by atoms with Gasteiger partial charge in [-0.1, -0.05) is 12.7 Å². The van der Waals surface area contributed by atoms with Crippen molar-refractivity contribution in [2.45, 2.75) is 13.8 Å². The van der Waals surface area contributed by atoms with Crippen LogP contribution in [0.1, 0.15) is 30.0 Å². The Labute approximate surface area is 146 Å². The highest BCUT2D eigenvalue weighted by Crippen LogP contribution is 2.25. The zero-order chi connectivity index (χ0) is 18.1. The molecular formula is C17H22N6O2. The van der Waals surface area contributed by atoms with Crippen LogP contribution in [0, 0.1) is 0 Å². The van der Waals surface area contributed by atoms with Gasteiger partial charge in [0.15, 0.2) is 0 Å². The molecule has 0 fully saturated rings. The molecule has 0 atom stereocenters. The summed E-state index contributed by atoms with van der Waals surface area (Å²) in [6.45, 7) is 10.0. The molecule has 8 nitrogen and oxygen atoms in total. The monoisotopic (exact) mass is 342 g/mol. The zero-order valence-corrected chi connectivity index (χ0v) is 14.4. The Morgan fingerprint density at radius 2 is 2.24 bits per heavy atom. The maximum atomic E-state index is 11.8. The predicted octanol–water partition coefficient (Wildman–Crippen LogP) is 1.98. The number of ether oxygens (including phenoxy) is 1. The average molecular weight is 342 g/mol. The molecule has 8 heteroatoms. The fourth-order valence-electron chi connectivity index (χ4n) is 2.22. The van der Waals surface area contributed by atoms with E-state index in [1.807, 2.05) is 18.2 Å². The number of rotatable bonds is 9. The third-order valence-electron chi connectivity index (χ3n) is 3.48. The Bertz CT molecular complexity index is 723. The molecule has 1 aromatic heterocycles. The number of aromatic nitrogens is 3. The number of nitrogens with one attached hydrogen (secondary N) is 2. The van der Waals surface area contributed by atoms with Crippen LogP contribution in [-0.2, 0) is 0 Å². The molecule has 2 rings (SSSR count). The number of anilines is 1. The van der Waals surface area contributed by atoms with E-state index in [9.17, 15) is 4.79 Å². The second kappa shape index (κ2) is 9.21. The van der Waals surface area contributed by atoms with E-state index in [0.29, 0.717) is 12.4 Å². The number of carbonyl (C=O) groups excluding carboxylic acids is 1. The van der Waals surface area contributed by atoms with E-state index in [0.717, 1.165) is 24.3 Å². The van der Waals surface area contributed by atoms with Crippen molar-refractivity contribution in [1.82, 2.24) is 20.6 Å². The van der Waals surface area contributed by atoms with Gasteiger partial charge in [0.1, 0.15) is 18.7 Å². The molecule has 0 aliphatic carbocycles. The standard InChI is InChI=1S/C17H22N6O2/c1-4-9-25-15-10-14(23(5-2)6-3)8-7-13(15)11-19-22-17(24)16-18-12-20-21-16/h4,7-8,10-12H,1,5-6,9H2,2-3H3,(H,22,24)(H,18,20,21). The number of nitrogens with zero attached hydrogens (tertiary/aromatic N) is 4. The van der Waals surface area contributed by atoms with Crippen molar-refractivity contribution >= 4 is 17.8 Å². The van der Waals surface area contributed by atoms with E-state index >= 15 is 0 Å². The maximum absolute atomic E-state index is 11.8. The van der Waals surface area contributed by atoms with Crippen LogP contribution in [0.4, 0.5) is 5.69 Å². The third-order valence-corrected chi connectivity index (χ3v) is 3.48. The molecular weight excluding hydrogens is 320 g/mol. The lowest BCUT2D eigenvalue weighted by atomic mass is 10.2. The van der Waals surface area contributed by atoms with Gasteiger partial charge >= 0.3 is 5.91 Å². The molecule has 0 aliphatic rings. The van der Waals surface area contributed by atoms with Crippen LogP contribution < -0.4 is 15.1 Å². The molecule has 0 unspecified atom stereocenters. The minimum atomic E-state index is -0.470. The lowest BCUT2D eigenvalue weighted by molar-refractivity contribution is 0.0945. The minimum Gasteiger partial charge on any atom is -0.489 e. The summed E-state index contributed by atoms with van der Waals surface area (Å²) >= 11 is 0. The zero-order valence-electron chi connectivity index (χ0n) is 14.4. The Hall–Kier alpha value is -3.16. The summed E-state index contributed by atoms with van der Waals surface area (Å²) in [6, 6.07) is 5.85. The second-order valence-corrected chi connectivity index (χ2v) is 5.03. The second-order valence-electron chi connectivity index (χ2n) is 5.03. The fraction of sp³-hybridized carbons (Fsp3) is 0.294. The number of carbonyl (C=O) groups is 1. The molecule has 2 aromatic rings. The fourth-order valence-corrected chi connectivity index (χ4v) is 2.22. The summed E-state index contributed by atoms with van der Waals surface area (Å²) in [5, 5.41) is 10.0.